The third kappa shape index (κ3) is 3.19. The molecule has 0 unspecified atom stereocenters. The van der Waals surface area contributed by atoms with Crippen LogP contribution in [0.25, 0.3) is 0 Å². The van der Waals surface area contributed by atoms with Crippen molar-refractivity contribution in [3.8, 4) is 11.6 Å². The topological polar surface area (TPSA) is 47.0 Å². The first-order valence-electron chi connectivity index (χ1n) is 6.12. The molecule has 19 heavy (non-hydrogen) atoms. The van der Waals surface area contributed by atoms with E-state index in [0.29, 0.717) is 17.5 Å². The largest absolute Gasteiger partial charge is 0.439 e. The fourth-order valence-corrected chi connectivity index (χ4v) is 1.66. The number of aromatic nitrogens is 2. The maximum absolute atomic E-state index is 12.8. The molecule has 0 aliphatic carbocycles. The third-order valence-corrected chi connectivity index (χ3v) is 2.59. The number of aryl methyl sites for hydroxylation is 1. The van der Waals surface area contributed by atoms with Crippen LogP contribution in [0.5, 0.6) is 11.6 Å². The van der Waals surface area contributed by atoms with Crippen molar-refractivity contribution in [1.29, 1.82) is 0 Å². The molecule has 2 aromatic rings. The lowest BCUT2D eigenvalue weighted by molar-refractivity contribution is 0.454. The van der Waals surface area contributed by atoms with Gasteiger partial charge in [0, 0.05) is 6.54 Å². The highest BCUT2D eigenvalue weighted by Crippen LogP contribution is 2.26. The van der Waals surface area contributed by atoms with Crippen LogP contribution in [0, 0.1) is 19.7 Å². The van der Waals surface area contributed by atoms with Crippen molar-refractivity contribution < 1.29 is 9.13 Å². The summed E-state index contributed by atoms with van der Waals surface area (Å²) in [6.45, 7) is 6.46. The molecule has 4 nitrogen and oxygen atoms in total. The van der Waals surface area contributed by atoms with E-state index in [1.54, 1.807) is 19.1 Å². The van der Waals surface area contributed by atoms with Crippen molar-refractivity contribution in [2.45, 2.75) is 20.8 Å². The number of halogens is 1. The van der Waals surface area contributed by atoms with Gasteiger partial charge < -0.3 is 10.1 Å². The summed E-state index contributed by atoms with van der Waals surface area (Å²) in [5.41, 5.74) is 0.830. The Balaban J connectivity index is 2.31. The van der Waals surface area contributed by atoms with Crippen LogP contribution in [0.3, 0.4) is 0 Å². The van der Waals surface area contributed by atoms with E-state index < -0.39 is 0 Å². The first-order valence-corrected chi connectivity index (χ1v) is 6.12. The zero-order chi connectivity index (χ0) is 13.8. The van der Waals surface area contributed by atoms with Gasteiger partial charge in [0.15, 0.2) is 0 Å². The lowest BCUT2D eigenvalue weighted by Crippen LogP contribution is -2.06. The third-order valence-electron chi connectivity index (χ3n) is 2.59. The van der Waals surface area contributed by atoms with E-state index in [9.17, 15) is 4.39 Å². The highest BCUT2D eigenvalue weighted by atomic mass is 19.1. The van der Waals surface area contributed by atoms with Crippen LogP contribution in [0.1, 0.15) is 18.3 Å². The summed E-state index contributed by atoms with van der Waals surface area (Å²) in [4.78, 5) is 8.58. The van der Waals surface area contributed by atoms with Gasteiger partial charge in [0.2, 0.25) is 5.88 Å². The van der Waals surface area contributed by atoms with Crippen molar-refractivity contribution in [3.05, 3.63) is 41.5 Å². The van der Waals surface area contributed by atoms with Gasteiger partial charge in [0.05, 0.1) is 5.56 Å². The smallest absolute Gasteiger partial charge is 0.227 e. The molecule has 0 aliphatic heterocycles. The Morgan fingerprint density at radius 1 is 1.16 bits per heavy atom. The Labute approximate surface area is 111 Å². The minimum atomic E-state index is -0.295. The highest BCUT2D eigenvalue weighted by Gasteiger charge is 2.10. The van der Waals surface area contributed by atoms with Crippen molar-refractivity contribution in [3.63, 3.8) is 0 Å². The number of nitrogens with one attached hydrogen (secondary N) is 1. The van der Waals surface area contributed by atoms with Gasteiger partial charge in [-0.3, -0.25) is 0 Å². The molecule has 5 heteroatoms. The fraction of sp³-hybridized carbons (Fsp3) is 0.286. The second kappa shape index (κ2) is 5.65. The first kappa shape index (κ1) is 13.3. The molecule has 0 saturated carbocycles. The molecule has 0 atom stereocenters. The molecule has 1 aromatic carbocycles. The zero-order valence-corrected chi connectivity index (χ0v) is 11.2. The van der Waals surface area contributed by atoms with Gasteiger partial charge in [-0.25, -0.2) is 9.37 Å². The molecule has 1 aromatic heterocycles. The van der Waals surface area contributed by atoms with Crippen molar-refractivity contribution in [2.24, 2.45) is 0 Å². The number of nitrogens with zero attached hydrogens (tertiary/aromatic N) is 2. The van der Waals surface area contributed by atoms with Gasteiger partial charge in [-0.2, -0.15) is 4.98 Å². The van der Waals surface area contributed by atoms with Gasteiger partial charge in [0.25, 0.3) is 0 Å². The summed E-state index contributed by atoms with van der Waals surface area (Å²) in [5.74, 6) is 2.11. The van der Waals surface area contributed by atoms with Crippen LogP contribution < -0.4 is 10.1 Å². The predicted octanol–water partition coefficient (Wildman–Crippen LogP) is 3.46. The van der Waals surface area contributed by atoms with Crippen molar-refractivity contribution in [2.75, 3.05) is 11.9 Å². The summed E-state index contributed by atoms with van der Waals surface area (Å²) in [5, 5.41) is 3.16. The predicted molar refractivity (Wildman–Crippen MR) is 72.1 cm³/mol. The fourth-order valence-electron chi connectivity index (χ4n) is 1.66. The summed E-state index contributed by atoms with van der Waals surface area (Å²) < 4.78 is 18.5. The van der Waals surface area contributed by atoms with Crippen LogP contribution >= 0.6 is 0 Å². The maximum atomic E-state index is 12.8. The normalized spacial score (nSPS) is 10.3. The summed E-state index contributed by atoms with van der Waals surface area (Å²) in [7, 11) is 0. The number of anilines is 1. The van der Waals surface area contributed by atoms with E-state index in [4.69, 9.17) is 4.74 Å². The molecule has 100 valence electrons. The minimum absolute atomic E-state index is 0.295. The molecule has 0 aliphatic rings. The quantitative estimate of drug-likeness (QED) is 0.915. The molecule has 0 radical (unpaired) electrons. The Hall–Kier alpha value is -2.17. The molecule has 0 amide bonds. The molecule has 0 spiro atoms. The van der Waals surface area contributed by atoms with Crippen LogP contribution in [0.4, 0.5) is 10.2 Å². The molecular formula is C14H16FN3O. The molecule has 0 fully saturated rings. The monoisotopic (exact) mass is 261 g/mol. The maximum Gasteiger partial charge on any atom is 0.227 e. The first-order chi connectivity index (χ1) is 9.10. The summed E-state index contributed by atoms with van der Waals surface area (Å²) in [6, 6.07) is 5.84. The lowest BCUT2D eigenvalue weighted by atomic mass is 10.3. The standard InChI is InChI=1S/C14H16FN3O/c1-4-16-13-9(2)14(18-10(3)17-13)19-12-7-5-11(15)6-8-12/h5-8H,4H2,1-3H3,(H,16,17,18). The van der Waals surface area contributed by atoms with E-state index in [1.807, 2.05) is 13.8 Å². The highest BCUT2D eigenvalue weighted by molar-refractivity contribution is 5.49. The molecule has 0 saturated heterocycles. The average Bonchev–Trinajstić information content (AvgIpc) is 2.38. The second-order valence-corrected chi connectivity index (χ2v) is 4.14. The number of ether oxygens (including phenoxy) is 1. The SMILES string of the molecule is CCNc1nc(C)nc(Oc2ccc(F)cc2)c1C. The van der Waals surface area contributed by atoms with E-state index in [2.05, 4.69) is 15.3 Å². The Morgan fingerprint density at radius 3 is 2.47 bits per heavy atom. The van der Waals surface area contributed by atoms with Crippen LogP contribution in [-0.4, -0.2) is 16.5 Å². The number of benzene rings is 1. The van der Waals surface area contributed by atoms with E-state index >= 15 is 0 Å². The summed E-state index contributed by atoms with van der Waals surface area (Å²) in [6.07, 6.45) is 0. The molecule has 1 N–H and O–H groups in total. The van der Waals surface area contributed by atoms with E-state index in [-0.39, 0.29) is 5.82 Å². The van der Waals surface area contributed by atoms with Gasteiger partial charge in [-0.1, -0.05) is 0 Å². The van der Waals surface area contributed by atoms with E-state index in [1.165, 1.54) is 12.1 Å². The molecular weight excluding hydrogens is 245 g/mol. The Kier molecular flexibility index (Phi) is 3.94. The van der Waals surface area contributed by atoms with Crippen molar-refractivity contribution in [1.82, 2.24) is 9.97 Å². The number of hydrogen-bond donors (Lipinski definition) is 1. The number of hydrogen-bond acceptors (Lipinski definition) is 4. The minimum Gasteiger partial charge on any atom is -0.439 e. The lowest BCUT2D eigenvalue weighted by Gasteiger charge is -2.12. The van der Waals surface area contributed by atoms with Gasteiger partial charge in [-0.15, -0.1) is 0 Å². The average molecular weight is 261 g/mol. The van der Waals surface area contributed by atoms with Crippen LogP contribution in [-0.2, 0) is 0 Å². The van der Waals surface area contributed by atoms with Crippen LogP contribution in [0.15, 0.2) is 24.3 Å². The van der Waals surface area contributed by atoms with Crippen LogP contribution in [0.2, 0.25) is 0 Å². The summed E-state index contributed by atoms with van der Waals surface area (Å²) >= 11 is 0. The zero-order valence-electron chi connectivity index (χ0n) is 11.2. The Bertz CT molecular complexity index is 570. The van der Waals surface area contributed by atoms with Crippen molar-refractivity contribution >= 4 is 5.82 Å². The Morgan fingerprint density at radius 2 is 1.84 bits per heavy atom. The van der Waals surface area contributed by atoms with Gasteiger partial charge in [0.1, 0.15) is 23.2 Å². The molecule has 1 heterocycles. The van der Waals surface area contributed by atoms with Gasteiger partial charge in [-0.05, 0) is 45.0 Å². The van der Waals surface area contributed by atoms with Gasteiger partial charge >= 0.3 is 0 Å². The molecule has 2 rings (SSSR count). The second-order valence-electron chi connectivity index (χ2n) is 4.14. The molecule has 0 bridgehead atoms. The number of rotatable bonds is 4. The van der Waals surface area contributed by atoms with E-state index in [0.717, 1.165) is 17.9 Å².